The molecule has 0 bridgehead atoms. The Hall–Kier alpha value is -1.38. The van der Waals surface area contributed by atoms with Crippen LogP contribution in [0.4, 0.5) is 17.6 Å². The normalized spacial score (nSPS) is 13.5. The lowest BCUT2D eigenvalue weighted by atomic mass is 10.1. The van der Waals surface area contributed by atoms with Gasteiger partial charge in [0.15, 0.2) is 0 Å². The summed E-state index contributed by atoms with van der Waals surface area (Å²) in [5, 5.41) is 3.72. The molecule has 112 valence electrons. The number of carbonyl (C=O) groups is 2. The van der Waals surface area contributed by atoms with E-state index in [4.69, 9.17) is 5.73 Å². The van der Waals surface area contributed by atoms with E-state index >= 15 is 0 Å². The van der Waals surface area contributed by atoms with Crippen LogP contribution in [0, 0.1) is 5.92 Å². The molecule has 1 atom stereocenters. The molecule has 0 aliphatic carbocycles. The first-order chi connectivity index (χ1) is 8.58. The van der Waals surface area contributed by atoms with Gasteiger partial charge >= 0.3 is 12.3 Å². The molecule has 9 heteroatoms. The minimum Gasteiger partial charge on any atom is -0.348 e. The molecule has 0 spiro atoms. The fraction of sp³-hybridized carbons (Fsp3) is 0.800. The fourth-order valence-corrected chi connectivity index (χ4v) is 0.944. The number of halogens is 4. The van der Waals surface area contributed by atoms with Crippen molar-refractivity contribution >= 4 is 11.8 Å². The summed E-state index contributed by atoms with van der Waals surface area (Å²) in [7, 11) is 0. The van der Waals surface area contributed by atoms with Crippen LogP contribution in [0.3, 0.4) is 0 Å². The van der Waals surface area contributed by atoms with Crippen LogP contribution in [-0.2, 0) is 9.59 Å². The molecule has 0 aromatic carbocycles. The highest BCUT2D eigenvalue weighted by Gasteiger charge is 2.40. The molecule has 0 rings (SSSR count). The van der Waals surface area contributed by atoms with Crippen molar-refractivity contribution in [3.8, 4) is 0 Å². The second kappa shape index (κ2) is 7.27. The zero-order valence-corrected chi connectivity index (χ0v) is 10.6. The molecule has 0 aliphatic heterocycles. The molecular weight excluding hydrogens is 270 g/mol. The van der Waals surface area contributed by atoms with E-state index in [2.05, 4.69) is 5.32 Å². The summed E-state index contributed by atoms with van der Waals surface area (Å²) in [6, 6.07) is -0.838. The zero-order valence-electron chi connectivity index (χ0n) is 10.6. The Balaban J connectivity index is 4.05. The van der Waals surface area contributed by atoms with Crippen molar-refractivity contribution < 1.29 is 27.2 Å². The van der Waals surface area contributed by atoms with Crippen LogP contribution in [0.15, 0.2) is 0 Å². The summed E-state index contributed by atoms with van der Waals surface area (Å²) in [5.41, 5.74) is 5.47. The monoisotopic (exact) mass is 287 g/mol. The van der Waals surface area contributed by atoms with E-state index in [1.54, 1.807) is 19.2 Å². The number of rotatable bonds is 7. The fourth-order valence-electron chi connectivity index (χ4n) is 0.944. The molecule has 0 unspecified atom stereocenters. The first-order valence-corrected chi connectivity index (χ1v) is 5.54. The molecule has 0 saturated carbocycles. The highest BCUT2D eigenvalue weighted by atomic mass is 19.3. The molecule has 5 nitrogen and oxygen atoms in total. The van der Waals surface area contributed by atoms with Crippen LogP contribution in [0.5, 0.6) is 0 Å². The van der Waals surface area contributed by atoms with Gasteiger partial charge in [-0.25, -0.2) is 8.78 Å². The summed E-state index contributed by atoms with van der Waals surface area (Å²) in [6.07, 6.45) is -3.86. The summed E-state index contributed by atoms with van der Waals surface area (Å²) in [4.78, 5) is 22.4. The lowest BCUT2D eigenvalue weighted by Crippen LogP contribution is -2.49. The predicted molar refractivity (Wildman–Crippen MR) is 59.8 cm³/mol. The van der Waals surface area contributed by atoms with Crippen molar-refractivity contribution in [2.24, 2.45) is 11.7 Å². The summed E-state index contributed by atoms with van der Waals surface area (Å²) >= 11 is 0. The Morgan fingerprint density at radius 1 is 1.21 bits per heavy atom. The smallest absolute Gasteiger partial charge is 0.324 e. The first kappa shape index (κ1) is 17.6. The molecule has 0 aliphatic rings. The van der Waals surface area contributed by atoms with Crippen molar-refractivity contribution in [1.29, 1.82) is 0 Å². The number of nitrogens with two attached hydrogens (primary N) is 1. The van der Waals surface area contributed by atoms with Crippen molar-refractivity contribution in [3.05, 3.63) is 0 Å². The molecule has 0 heterocycles. The maximum Gasteiger partial charge on any atom is 0.324 e. The standard InChI is InChI=1S/C10H17F4N3O2/c1-5(2)7(15)8(19)16-3-6(18)17-4-10(13,14)9(11)12/h5,7,9H,3-4,15H2,1-2H3,(H,16,19)(H,17,18)/t7-/m0/s1. The number of alkyl halides is 4. The maximum absolute atomic E-state index is 12.5. The molecule has 19 heavy (non-hydrogen) atoms. The van der Waals surface area contributed by atoms with Crippen molar-refractivity contribution in [2.75, 3.05) is 13.1 Å². The average molecular weight is 287 g/mol. The quantitative estimate of drug-likeness (QED) is 0.581. The van der Waals surface area contributed by atoms with Gasteiger partial charge in [0.05, 0.1) is 19.1 Å². The maximum atomic E-state index is 12.5. The van der Waals surface area contributed by atoms with Gasteiger partial charge in [-0.2, -0.15) is 8.78 Å². The van der Waals surface area contributed by atoms with Crippen molar-refractivity contribution in [3.63, 3.8) is 0 Å². The van der Waals surface area contributed by atoms with Crippen LogP contribution in [0.1, 0.15) is 13.8 Å². The minimum absolute atomic E-state index is 0.161. The third-order valence-corrected chi connectivity index (χ3v) is 2.28. The highest BCUT2D eigenvalue weighted by Crippen LogP contribution is 2.21. The second-order valence-electron chi connectivity index (χ2n) is 4.33. The van der Waals surface area contributed by atoms with Gasteiger partial charge in [0, 0.05) is 0 Å². The van der Waals surface area contributed by atoms with Crippen molar-refractivity contribution in [1.82, 2.24) is 10.6 Å². The predicted octanol–water partition coefficient (Wildman–Crippen LogP) is 0.102. The second-order valence-corrected chi connectivity index (χ2v) is 4.33. The Kier molecular flexibility index (Phi) is 6.74. The molecule has 2 amide bonds. The van der Waals surface area contributed by atoms with E-state index in [9.17, 15) is 27.2 Å². The molecule has 4 N–H and O–H groups in total. The largest absolute Gasteiger partial charge is 0.348 e. The van der Waals surface area contributed by atoms with E-state index in [0.29, 0.717) is 0 Å². The van der Waals surface area contributed by atoms with Crippen molar-refractivity contribution in [2.45, 2.75) is 32.2 Å². The molecule has 0 saturated heterocycles. The van der Waals surface area contributed by atoms with Gasteiger partial charge in [-0.3, -0.25) is 9.59 Å². The van der Waals surface area contributed by atoms with E-state index in [1.165, 1.54) is 0 Å². The van der Waals surface area contributed by atoms with Crippen LogP contribution in [0.25, 0.3) is 0 Å². The van der Waals surface area contributed by atoms with E-state index in [1.807, 2.05) is 0 Å². The van der Waals surface area contributed by atoms with E-state index in [0.717, 1.165) is 0 Å². The Morgan fingerprint density at radius 2 is 1.74 bits per heavy atom. The van der Waals surface area contributed by atoms with Gasteiger partial charge in [-0.05, 0) is 5.92 Å². The molecule has 0 radical (unpaired) electrons. The average Bonchev–Trinajstić information content (AvgIpc) is 2.32. The summed E-state index contributed by atoms with van der Waals surface area (Å²) in [6.45, 7) is 1.29. The number of nitrogens with one attached hydrogen (secondary N) is 2. The lowest BCUT2D eigenvalue weighted by Gasteiger charge is -2.17. The van der Waals surface area contributed by atoms with Gasteiger partial charge in [0.1, 0.15) is 0 Å². The topological polar surface area (TPSA) is 84.2 Å². The van der Waals surface area contributed by atoms with E-state index < -0.39 is 43.3 Å². The van der Waals surface area contributed by atoms with Gasteiger partial charge in [-0.15, -0.1) is 0 Å². The van der Waals surface area contributed by atoms with Gasteiger partial charge in [0.2, 0.25) is 11.8 Å². The van der Waals surface area contributed by atoms with Crippen LogP contribution >= 0.6 is 0 Å². The molecule has 0 fully saturated rings. The van der Waals surface area contributed by atoms with Gasteiger partial charge in [-0.1, -0.05) is 13.8 Å². The minimum atomic E-state index is -4.30. The van der Waals surface area contributed by atoms with Crippen LogP contribution in [-0.4, -0.2) is 43.3 Å². The van der Waals surface area contributed by atoms with Crippen LogP contribution < -0.4 is 16.4 Å². The van der Waals surface area contributed by atoms with E-state index in [-0.39, 0.29) is 5.92 Å². The Bertz CT molecular complexity index is 324. The number of hydrogen-bond donors (Lipinski definition) is 3. The lowest BCUT2D eigenvalue weighted by molar-refractivity contribution is -0.137. The summed E-state index contributed by atoms with van der Waals surface area (Å²) < 4.78 is 48.5. The number of carbonyl (C=O) groups excluding carboxylic acids is 2. The molecular formula is C10H17F4N3O2. The SMILES string of the molecule is CC(C)[C@H](N)C(=O)NCC(=O)NCC(F)(F)C(F)F. The third kappa shape index (κ3) is 6.37. The highest BCUT2D eigenvalue weighted by molar-refractivity contribution is 5.87. The first-order valence-electron chi connectivity index (χ1n) is 5.54. The molecule has 0 aromatic heterocycles. The Morgan fingerprint density at radius 3 is 2.16 bits per heavy atom. The zero-order chi connectivity index (χ0) is 15.2. The summed E-state index contributed by atoms with van der Waals surface area (Å²) in [5.74, 6) is -6.07. The number of hydrogen-bond acceptors (Lipinski definition) is 3. The number of amides is 2. The third-order valence-electron chi connectivity index (χ3n) is 2.28. The molecule has 0 aromatic rings. The van der Waals surface area contributed by atoms with Gasteiger partial charge < -0.3 is 16.4 Å². The Labute approximate surface area is 107 Å². The van der Waals surface area contributed by atoms with Crippen LogP contribution in [0.2, 0.25) is 0 Å². The van der Waals surface area contributed by atoms with Gasteiger partial charge in [0.25, 0.3) is 0 Å².